The van der Waals surface area contributed by atoms with Crippen LogP contribution in [0.2, 0.25) is 0 Å². The fraction of sp³-hybridized carbons (Fsp3) is 0.895. The first-order chi connectivity index (χ1) is 10.3. The number of rotatable bonds is 0. The summed E-state index contributed by atoms with van der Waals surface area (Å²) < 4.78 is 0. The topological polar surface area (TPSA) is 54.4 Å². The lowest BCUT2D eigenvalue weighted by Crippen LogP contribution is -2.60. The lowest BCUT2D eigenvalue weighted by atomic mass is 9.44. The van der Waals surface area contributed by atoms with Gasteiger partial charge in [-0.15, -0.1) is 0 Å². The van der Waals surface area contributed by atoms with Gasteiger partial charge in [0.25, 0.3) is 0 Å². The number of carbonyl (C=O) groups excluding carboxylic acids is 2. The molecule has 122 valence electrons. The summed E-state index contributed by atoms with van der Waals surface area (Å²) in [5.74, 6) is 1.54. The van der Waals surface area contributed by atoms with E-state index in [1.807, 2.05) is 0 Å². The SMILES string of the molecule is C[C@@]12CCC[C@H]1[C@@H]1[C@@H](O)C[C@H]3CC(=O)CC[C@]3(C)[C@H]1C(=O)C2. The van der Waals surface area contributed by atoms with Gasteiger partial charge in [0.15, 0.2) is 0 Å². The van der Waals surface area contributed by atoms with Crippen molar-refractivity contribution < 1.29 is 14.7 Å². The first-order valence-corrected chi connectivity index (χ1v) is 9.08. The molecule has 0 radical (unpaired) electrons. The van der Waals surface area contributed by atoms with E-state index >= 15 is 0 Å². The minimum absolute atomic E-state index is 0.00877. The zero-order valence-electron chi connectivity index (χ0n) is 13.8. The molecule has 0 aromatic carbocycles. The predicted octanol–water partition coefficient (Wildman–Crippen LogP) is 3.14. The van der Waals surface area contributed by atoms with Crippen LogP contribution in [-0.4, -0.2) is 22.8 Å². The van der Waals surface area contributed by atoms with Gasteiger partial charge in [-0.3, -0.25) is 9.59 Å². The monoisotopic (exact) mass is 304 g/mol. The lowest BCUT2D eigenvalue weighted by Gasteiger charge is -2.60. The molecule has 0 amide bonds. The van der Waals surface area contributed by atoms with Gasteiger partial charge in [0.1, 0.15) is 11.6 Å². The zero-order valence-corrected chi connectivity index (χ0v) is 13.8. The molecule has 0 aromatic rings. The van der Waals surface area contributed by atoms with Crippen LogP contribution in [0.1, 0.15) is 65.2 Å². The van der Waals surface area contributed by atoms with Gasteiger partial charge in [-0.2, -0.15) is 0 Å². The normalized spacial score (nSPS) is 54.6. The second-order valence-corrected chi connectivity index (χ2v) is 9.10. The summed E-state index contributed by atoms with van der Waals surface area (Å²) in [6.45, 7) is 4.51. The lowest BCUT2D eigenvalue weighted by molar-refractivity contribution is -0.176. The average molecular weight is 304 g/mol. The summed E-state index contributed by atoms with van der Waals surface area (Å²) >= 11 is 0. The maximum atomic E-state index is 13.1. The molecule has 4 fully saturated rings. The van der Waals surface area contributed by atoms with Crippen LogP contribution >= 0.6 is 0 Å². The number of carbonyl (C=O) groups is 2. The van der Waals surface area contributed by atoms with Crippen molar-refractivity contribution in [2.24, 2.45) is 34.5 Å². The van der Waals surface area contributed by atoms with Gasteiger partial charge in [0, 0.05) is 25.2 Å². The summed E-state index contributed by atoms with van der Waals surface area (Å²) in [6, 6.07) is 0. The van der Waals surface area contributed by atoms with E-state index < -0.39 is 0 Å². The van der Waals surface area contributed by atoms with Crippen LogP contribution < -0.4 is 0 Å². The molecule has 7 atom stereocenters. The first kappa shape index (κ1) is 14.9. The molecule has 22 heavy (non-hydrogen) atoms. The van der Waals surface area contributed by atoms with E-state index in [9.17, 15) is 14.7 Å². The van der Waals surface area contributed by atoms with E-state index in [2.05, 4.69) is 13.8 Å². The maximum Gasteiger partial charge on any atom is 0.137 e. The molecular formula is C19H28O3. The van der Waals surface area contributed by atoms with E-state index in [1.165, 1.54) is 12.8 Å². The Kier molecular flexibility index (Phi) is 3.15. The fourth-order valence-corrected chi connectivity index (χ4v) is 6.82. The minimum atomic E-state index is -0.388. The number of Topliss-reactive ketones (excluding diaryl/α,β-unsaturated/α-hetero) is 2. The highest BCUT2D eigenvalue weighted by Crippen LogP contribution is 2.64. The summed E-state index contributed by atoms with van der Waals surface area (Å²) in [5.41, 5.74) is 0.0612. The summed E-state index contributed by atoms with van der Waals surface area (Å²) in [4.78, 5) is 24.9. The minimum Gasteiger partial charge on any atom is -0.393 e. The van der Waals surface area contributed by atoms with Gasteiger partial charge in [-0.25, -0.2) is 0 Å². The number of hydrogen-bond acceptors (Lipinski definition) is 3. The van der Waals surface area contributed by atoms with Gasteiger partial charge in [-0.05, 0) is 54.3 Å². The van der Waals surface area contributed by atoms with Crippen LogP contribution in [0.15, 0.2) is 0 Å². The molecular weight excluding hydrogens is 276 g/mol. The van der Waals surface area contributed by atoms with Crippen molar-refractivity contribution in [1.29, 1.82) is 0 Å². The highest BCUT2D eigenvalue weighted by molar-refractivity contribution is 5.85. The molecule has 4 aliphatic rings. The Balaban J connectivity index is 1.75. The summed E-state index contributed by atoms with van der Waals surface area (Å²) in [5, 5.41) is 10.9. The van der Waals surface area contributed by atoms with Crippen LogP contribution in [0, 0.1) is 34.5 Å². The van der Waals surface area contributed by atoms with E-state index in [0.717, 1.165) is 19.3 Å². The highest BCUT2D eigenvalue weighted by Gasteiger charge is 2.63. The molecule has 1 N–H and O–H groups in total. The Morgan fingerprint density at radius 1 is 1.18 bits per heavy atom. The zero-order chi connectivity index (χ0) is 15.7. The van der Waals surface area contributed by atoms with E-state index in [-0.39, 0.29) is 34.7 Å². The van der Waals surface area contributed by atoms with Crippen molar-refractivity contribution in [3.8, 4) is 0 Å². The molecule has 3 heteroatoms. The second-order valence-electron chi connectivity index (χ2n) is 9.10. The maximum absolute atomic E-state index is 13.1. The molecule has 0 aliphatic heterocycles. The third kappa shape index (κ3) is 1.84. The van der Waals surface area contributed by atoms with Crippen molar-refractivity contribution >= 4 is 11.6 Å². The average Bonchev–Trinajstić information content (AvgIpc) is 2.81. The summed E-state index contributed by atoms with van der Waals surface area (Å²) in [7, 11) is 0. The third-order valence-electron chi connectivity index (χ3n) is 7.96. The van der Waals surface area contributed by atoms with Crippen molar-refractivity contribution in [1.82, 2.24) is 0 Å². The molecule has 3 nitrogen and oxygen atoms in total. The van der Waals surface area contributed by atoms with Crippen molar-refractivity contribution in [3.63, 3.8) is 0 Å². The molecule has 0 bridgehead atoms. The van der Waals surface area contributed by atoms with Crippen molar-refractivity contribution in [3.05, 3.63) is 0 Å². The van der Waals surface area contributed by atoms with Crippen molar-refractivity contribution in [2.75, 3.05) is 0 Å². The van der Waals surface area contributed by atoms with E-state index in [0.29, 0.717) is 36.7 Å². The van der Waals surface area contributed by atoms with Crippen LogP contribution in [-0.2, 0) is 9.59 Å². The molecule has 0 spiro atoms. The number of hydrogen-bond donors (Lipinski definition) is 1. The largest absolute Gasteiger partial charge is 0.393 e. The Bertz CT molecular complexity index is 527. The van der Waals surface area contributed by atoms with Crippen LogP contribution in [0.3, 0.4) is 0 Å². The van der Waals surface area contributed by atoms with E-state index in [4.69, 9.17) is 0 Å². The number of fused-ring (bicyclic) bond motifs is 5. The van der Waals surface area contributed by atoms with Crippen LogP contribution in [0.4, 0.5) is 0 Å². The van der Waals surface area contributed by atoms with Crippen LogP contribution in [0.25, 0.3) is 0 Å². The molecule has 4 rings (SSSR count). The number of ketones is 2. The van der Waals surface area contributed by atoms with Gasteiger partial charge >= 0.3 is 0 Å². The second kappa shape index (κ2) is 4.66. The van der Waals surface area contributed by atoms with Crippen LogP contribution in [0.5, 0.6) is 0 Å². The highest BCUT2D eigenvalue weighted by atomic mass is 16.3. The Hall–Kier alpha value is -0.700. The smallest absolute Gasteiger partial charge is 0.137 e. The molecule has 0 unspecified atom stereocenters. The Morgan fingerprint density at radius 2 is 1.95 bits per heavy atom. The Morgan fingerprint density at radius 3 is 2.73 bits per heavy atom. The number of aliphatic hydroxyl groups is 1. The summed E-state index contributed by atoms with van der Waals surface area (Å²) in [6.07, 6.45) is 6.58. The van der Waals surface area contributed by atoms with Gasteiger partial charge in [0.05, 0.1) is 6.10 Å². The molecule has 0 aromatic heterocycles. The molecule has 4 saturated carbocycles. The van der Waals surface area contributed by atoms with E-state index in [1.54, 1.807) is 0 Å². The quantitative estimate of drug-likeness (QED) is 0.748. The van der Waals surface area contributed by atoms with Gasteiger partial charge < -0.3 is 5.11 Å². The molecule has 4 aliphatic carbocycles. The standard InChI is InChI=1S/C19H28O3/c1-18-6-3-4-13(18)16-14(21)9-11-8-12(20)5-7-19(11,2)17(16)15(22)10-18/h11,13-14,16-17,21H,3-10H2,1-2H3/t11-,13+,14+,16-,17+,18+,19+/m1/s1. The van der Waals surface area contributed by atoms with Crippen molar-refractivity contribution in [2.45, 2.75) is 71.3 Å². The van der Waals surface area contributed by atoms with Gasteiger partial charge in [0.2, 0.25) is 0 Å². The first-order valence-electron chi connectivity index (χ1n) is 9.08. The number of aliphatic hydroxyl groups excluding tert-OH is 1. The van der Waals surface area contributed by atoms with Gasteiger partial charge in [-0.1, -0.05) is 20.3 Å². The third-order valence-corrected chi connectivity index (χ3v) is 7.96. The Labute approximate surface area is 132 Å². The predicted molar refractivity (Wildman–Crippen MR) is 83.1 cm³/mol. The fourth-order valence-electron chi connectivity index (χ4n) is 6.82. The molecule has 0 saturated heterocycles. The molecule has 0 heterocycles.